The predicted molar refractivity (Wildman–Crippen MR) is 74.2 cm³/mol. The summed E-state index contributed by atoms with van der Waals surface area (Å²) in [4.78, 5) is 22.5. The number of hydrogen-bond acceptors (Lipinski definition) is 2. The molecule has 3 N–H and O–H groups in total. The molecule has 0 spiro atoms. The topological polar surface area (TPSA) is 78.4 Å². The molecule has 0 saturated carbocycles. The largest absolute Gasteiger partial charge is 0.481 e. The van der Waals surface area contributed by atoms with Crippen LogP contribution in [0.25, 0.3) is 0 Å². The fraction of sp³-hybridized carbons (Fsp3) is 0.429. The SMILES string of the molecule is Cc1ccc(NC(=O)NC(CC(=O)O)C(C)C)cc1F. The maximum absolute atomic E-state index is 13.3. The van der Waals surface area contributed by atoms with Gasteiger partial charge >= 0.3 is 12.0 Å². The van der Waals surface area contributed by atoms with Crippen LogP contribution in [-0.2, 0) is 4.79 Å². The van der Waals surface area contributed by atoms with Crippen LogP contribution in [0.2, 0.25) is 0 Å². The van der Waals surface area contributed by atoms with E-state index in [-0.39, 0.29) is 12.3 Å². The lowest BCUT2D eigenvalue weighted by Crippen LogP contribution is -2.42. The van der Waals surface area contributed by atoms with Crippen molar-refractivity contribution < 1.29 is 19.1 Å². The van der Waals surface area contributed by atoms with Crippen molar-refractivity contribution in [1.82, 2.24) is 5.32 Å². The van der Waals surface area contributed by atoms with Gasteiger partial charge in [-0.3, -0.25) is 4.79 Å². The van der Waals surface area contributed by atoms with Gasteiger partial charge in [-0.2, -0.15) is 0 Å². The molecule has 5 nitrogen and oxygen atoms in total. The number of halogens is 1. The van der Waals surface area contributed by atoms with Crippen LogP contribution in [0.3, 0.4) is 0 Å². The summed E-state index contributed by atoms with van der Waals surface area (Å²) in [6.07, 6.45) is -0.159. The molecule has 1 rings (SSSR count). The van der Waals surface area contributed by atoms with E-state index in [9.17, 15) is 14.0 Å². The quantitative estimate of drug-likeness (QED) is 0.777. The average molecular weight is 282 g/mol. The predicted octanol–water partition coefficient (Wildman–Crippen LogP) is 2.75. The van der Waals surface area contributed by atoms with Crippen LogP contribution in [0, 0.1) is 18.7 Å². The first-order valence-electron chi connectivity index (χ1n) is 6.35. The molecule has 1 aromatic rings. The van der Waals surface area contributed by atoms with Crippen molar-refractivity contribution in [2.75, 3.05) is 5.32 Å². The average Bonchev–Trinajstić information content (AvgIpc) is 2.32. The molecule has 0 aliphatic rings. The van der Waals surface area contributed by atoms with Crippen molar-refractivity contribution in [2.24, 2.45) is 5.92 Å². The van der Waals surface area contributed by atoms with Gasteiger partial charge in [-0.1, -0.05) is 19.9 Å². The third-order valence-electron chi connectivity index (χ3n) is 2.95. The van der Waals surface area contributed by atoms with E-state index in [4.69, 9.17) is 5.11 Å². The number of aliphatic carboxylic acids is 1. The minimum absolute atomic E-state index is 0.0217. The molecule has 0 heterocycles. The van der Waals surface area contributed by atoms with E-state index in [0.717, 1.165) is 0 Å². The zero-order valence-electron chi connectivity index (χ0n) is 11.7. The maximum Gasteiger partial charge on any atom is 0.319 e. The van der Waals surface area contributed by atoms with Crippen molar-refractivity contribution in [2.45, 2.75) is 33.2 Å². The first-order valence-corrected chi connectivity index (χ1v) is 6.35. The fourth-order valence-corrected chi connectivity index (χ4v) is 1.65. The highest BCUT2D eigenvalue weighted by Gasteiger charge is 2.19. The second kappa shape index (κ2) is 6.88. The Labute approximate surface area is 117 Å². The number of aryl methyl sites for hydroxylation is 1. The highest BCUT2D eigenvalue weighted by molar-refractivity contribution is 5.89. The number of urea groups is 1. The van der Waals surface area contributed by atoms with Crippen LogP contribution in [0.15, 0.2) is 18.2 Å². The van der Waals surface area contributed by atoms with E-state index in [1.165, 1.54) is 6.07 Å². The number of anilines is 1. The van der Waals surface area contributed by atoms with Gasteiger partial charge in [-0.25, -0.2) is 9.18 Å². The lowest BCUT2D eigenvalue weighted by molar-refractivity contribution is -0.137. The van der Waals surface area contributed by atoms with Crippen LogP contribution in [-0.4, -0.2) is 23.1 Å². The highest BCUT2D eigenvalue weighted by atomic mass is 19.1. The Morgan fingerprint density at radius 3 is 2.50 bits per heavy atom. The molecule has 2 amide bonds. The number of carboxylic acids is 1. The summed E-state index contributed by atoms with van der Waals surface area (Å²) in [5.74, 6) is -1.41. The maximum atomic E-state index is 13.3. The Morgan fingerprint density at radius 2 is 2.00 bits per heavy atom. The van der Waals surface area contributed by atoms with E-state index >= 15 is 0 Å². The second-order valence-corrected chi connectivity index (χ2v) is 5.01. The van der Waals surface area contributed by atoms with Gasteiger partial charge in [0.25, 0.3) is 0 Å². The van der Waals surface area contributed by atoms with Gasteiger partial charge in [-0.05, 0) is 30.5 Å². The Bertz CT molecular complexity index is 503. The first-order chi connectivity index (χ1) is 9.29. The van der Waals surface area contributed by atoms with Crippen LogP contribution in [0.5, 0.6) is 0 Å². The van der Waals surface area contributed by atoms with E-state index in [1.54, 1.807) is 19.1 Å². The van der Waals surface area contributed by atoms with E-state index in [1.807, 2.05) is 13.8 Å². The van der Waals surface area contributed by atoms with Gasteiger partial charge in [0.05, 0.1) is 6.42 Å². The Kier molecular flexibility index (Phi) is 5.49. The molecule has 110 valence electrons. The lowest BCUT2D eigenvalue weighted by atomic mass is 10.0. The lowest BCUT2D eigenvalue weighted by Gasteiger charge is -2.20. The molecule has 20 heavy (non-hydrogen) atoms. The van der Waals surface area contributed by atoms with Gasteiger partial charge in [0.2, 0.25) is 0 Å². The Balaban J connectivity index is 2.65. The van der Waals surface area contributed by atoms with Gasteiger partial charge in [-0.15, -0.1) is 0 Å². The molecular formula is C14H19FN2O3. The van der Waals surface area contributed by atoms with Crippen LogP contribution < -0.4 is 10.6 Å². The summed E-state index contributed by atoms with van der Waals surface area (Å²) in [6, 6.07) is 3.33. The van der Waals surface area contributed by atoms with Crippen LogP contribution >= 0.6 is 0 Å². The molecule has 0 bridgehead atoms. The number of hydrogen-bond donors (Lipinski definition) is 3. The number of rotatable bonds is 5. The molecule has 1 aromatic carbocycles. The summed E-state index contributed by atoms with van der Waals surface area (Å²) in [5.41, 5.74) is 0.810. The van der Waals surface area contributed by atoms with Gasteiger partial charge in [0.15, 0.2) is 0 Å². The number of carbonyl (C=O) groups excluding carboxylic acids is 1. The zero-order valence-corrected chi connectivity index (χ0v) is 11.7. The minimum atomic E-state index is -0.981. The van der Waals surface area contributed by atoms with Crippen LogP contribution in [0.1, 0.15) is 25.8 Å². The summed E-state index contributed by atoms with van der Waals surface area (Å²) in [7, 11) is 0. The molecule has 1 unspecified atom stereocenters. The molecule has 0 radical (unpaired) electrons. The minimum Gasteiger partial charge on any atom is -0.481 e. The molecule has 0 aliphatic carbocycles. The van der Waals surface area contributed by atoms with Crippen molar-refractivity contribution in [1.29, 1.82) is 0 Å². The van der Waals surface area contributed by atoms with Crippen molar-refractivity contribution in [3.63, 3.8) is 0 Å². The summed E-state index contributed by atoms with van der Waals surface area (Å²) >= 11 is 0. The number of benzene rings is 1. The van der Waals surface area contributed by atoms with Crippen molar-refractivity contribution in [3.05, 3.63) is 29.6 Å². The number of carbonyl (C=O) groups is 2. The monoisotopic (exact) mass is 282 g/mol. The third-order valence-corrected chi connectivity index (χ3v) is 2.95. The normalized spacial score (nSPS) is 12.1. The van der Waals surface area contributed by atoms with E-state index in [2.05, 4.69) is 10.6 Å². The summed E-state index contributed by atoms with van der Waals surface area (Å²) < 4.78 is 13.3. The summed E-state index contributed by atoms with van der Waals surface area (Å²) in [5, 5.41) is 13.8. The molecule has 6 heteroatoms. The molecule has 0 saturated heterocycles. The van der Waals surface area contributed by atoms with Gasteiger partial charge in [0.1, 0.15) is 5.82 Å². The van der Waals surface area contributed by atoms with Gasteiger partial charge < -0.3 is 15.7 Å². The van der Waals surface area contributed by atoms with Gasteiger partial charge in [0, 0.05) is 11.7 Å². The zero-order chi connectivity index (χ0) is 15.3. The Hall–Kier alpha value is -2.11. The second-order valence-electron chi connectivity index (χ2n) is 5.01. The molecule has 0 aromatic heterocycles. The van der Waals surface area contributed by atoms with E-state index < -0.39 is 23.9 Å². The van der Waals surface area contributed by atoms with Crippen molar-refractivity contribution >= 4 is 17.7 Å². The summed E-state index contributed by atoms with van der Waals surface area (Å²) in [6.45, 7) is 5.26. The number of amides is 2. The molecule has 0 fully saturated rings. The fourth-order valence-electron chi connectivity index (χ4n) is 1.65. The third kappa shape index (κ3) is 4.87. The van der Waals surface area contributed by atoms with Crippen LogP contribution in [0.4, 0.5) is 14.9 Å². The molecule has 1 atom stereocenters. The molecule has 0 aliphatic heterocycles. The molecular weight excluding hydrogens is 263 g/mol. The number of carboxylic acid groups (broad SMARTS) is 1. The Morgan fingerprint density at radius 1 is 1.35 bits per heavy atom. The smallest absolute Gasteiger partial charge is 0.319 e. The first kappa shape index (κ1) is 15.9. The van der Waals surface area contributed by atoms with E-state index in [0.29, 0.717) is 11.3 Å². The van der Waals surface area contributed by atoms with Crippen molar-refractivity contribution in [3.8, 4) is 0 Å². The highest BCUT2D eigenvalue weighted by Crippen LogP contribution is 2.14. The standard InChI is InChI=1S/C14H19FN2O3/c1-8(2)12(7-13(18)19)17-14(20)16-10-5-4-9(3)11(15)6-10/h4-6,8,12H,7H2,1-3H3,(H,18,19)(H2,16,17,20). The number of nitrogens with one attached hydrogen (secondary N) is 2.